The van der Waals surface area contributed by atoms with Crippen LogP contribution in [0.5, 0.6) is 11.5 Å². The Morgan fingerprint density at radius 2 is 1.91 bits per heavy atom. The highest BCUT2D eigenvalue weighted by molar-refractivity contribution is 7.18. The molecule has 0 unspecified atom stereocenters. The Labute approximate surface area is 190 Å². The van der Waals surface area contributed by atoms with Crippen molar-refractivity contribution in [2.45, 2.75) is 39.7 Å². The van der Waals surface area contributed by atoms with E-state index in [1.165, 1.54) is 0 Å². The van der Waals surface area contributed by atoms with Gasteiger partial charge in [-0.05, 0) is 70.5 Å². The summed E-state index contributed by atoms with van der Waals surface area (Å²) in [4.78, 5) is 37.7. The Balaban J connectivity index is 1.28. The molecule has 0 aliphatic carbocycles. The van der Waals surface area contributed by atoms with Crippen LogP contribution >= 0.6 is 11.3 Å². The van der Waals surface area contributed by atoms with E-state index >= 15 is 0 Å². The molecule has 2 aliphatic rings. The number of hydrogen-bond donors (Lipinski definition) is 1. The van der Waals surface area contributed by atoms with Gasteiger partial charge in [0.05, 0.1) is 11.4 Å². The van der Waals surface area contributed by atoms with Crippen LogP contribution in [0.3, 0.4) is 0 Å². The van der Waals surface area contributed by atoms with E-state index in [9.17, 15) is 9.59 Å². The van der Waals surface area contributed by atoms with Gasteiger partial charge < -0.3 is 14.5 Å². The van der Waals surface area contributed by atoms with Gasteiger partial charge >= 0.3 is 0 Å². The summed E-state index contributed by atoms with van der Waals surface area (Å²) >= 11 is 1.57. The number of piperidine rings is 1. The van der Waals surface area contributed by atoms with Crippen molar-refractivity contribution in [1.29, 1.82) is 0 Å². The SMILES string of the molecule is Cc1sc2nc([C@@H](C)N3CCC(C(=O)c4ccc5c(c4)OCCO5)CC3)[nH]c(=O)c2c1C. The van der Waals surface area contributed by atoms with Crippen molar-refractivity contribution in [3.05, 3.63) is 50.4 Å². The third-order valence-corrected chi connectivity index (χ3v) is 7.83. The van der Waals surface area contributed by atoms with Gasteiger partial charge in [-0.2, -0.15) is 0 Å². The molecule has 1 atom stereocenters. The number of hydrogen-bond acceptors (Lipinski definition) is 7. The van der Waals surface area contributed by atoms with E-state index in [1.54, 1.807) is 17.4 Å². The number of carbonyl (C=O) groups excluding carboxylic acids is 1. The average molecular weight is 454 g/mol. The zero-order valence-electron chi connectivity index (χ0n) is 18.6. The molecule has 0 radical (unpaired) electrons. The Hall–Kier alpha value is -2.71. The molecule has 32 heavy (non-hydrogen) atoms. The lowest BCUT2D eigenvalue weighted by molar-refractivity contribution is 0.0795. The number of nitrogens with zero attached hydrogens (tertiary/aromatic N) is 2. The maximum Gasteiger partial charge on any atom is 0.259 e. The summed E-state index contributed by atoms with van der Waals surface area (Å²) in [5.74, 6) is 2.19. The molecule has 1 N–H and O–H groups in total. The van der Waals surface area contributed by atoms with E-state index in [4.69, 9.17) is 14.5 Å². The monoisotopic (exact) mass is 453 g/mol. The van der Waals surface area contributed by atoms with Gasteiger partial charge in [0.15, 0.2) is 17.3 Å². The second kappa shape index (κ2) is 8.33. The molecule has 4 heterocycles. The van der Waals surface area contributed by atoms with Gasteiger partial charge in [0.1, 0.15) is 23.9 Å². The van der Waals surface area contributed by atoms with Gasteiger partial charge in [-0.15, -0.1) is 11.3 Å². The number of carbonyl (C=O) groups is 1. The number of thiophene rings is 1. The first-order valence-electron chi connectivity index (χ1n) is 11.1. The second-order valence-electron chi connectivity index (χ2n) is 8.62. The number of aryl methyl sites for hydroxylation is 2. The maximum atomic E-state index is 13.1. The smallest absolute Gasteiger partial charge is 0.259 e. The summed E-state index contributed by atoms with van der Waals surface area (Å²) in [5.41, 5.74) is 1.62. The molecule has 1 saturated heterocycles. The summed E-state index contributed by atoms with van der Waals surface area (Å²) in [6.07, 6.45) is 1.56. The number of ether oxygens (including phenoxy) is 2. The molecule has 0 bridgehead atoms. The molecule has 3 aromatic rings. The quantitative estimate of drug-likeness (QED) is 0.601. The van der Waals surface area contributed by atoms with E-state index in [2.05, 4.69) is 16.8 Å². The second-order valence-corrected chi connectivity index (χ2v) is 9.83. The molecule has 8 heteroatoms. The summed E-state index contributed by atoms with van der Waals surface area (Å²) < 4.78 is 11.2. The van der Waals surface area contributed by atoms with Crippen LogP contribution in [0, 0.1) is 19.8 Å². The van der Waals surface area contributed by atoms with Crippen LogP contribution in [-0.4, -0.2) is 47.0 Å². The van der Waals surface area contributed by atoms with Crippen molar-refractivity contribution in [2.24, 2.45) is 5.92 Å². The van der Waals surface area contributed by atoms with E-state index in [-0.39, 0.29) is 23.3 Å². The predicted octanol–water partition coefficient (Wildman–Crippen LogP) is 4.03. The molecule has 0 amide bonds. The average Bonchev–Trinajstić information content (AvgIpc) is 3.11. The molecule has 168 valence electrons. The Bertz CT molecular complexity index is 1240. The zero-order valence-corrected chi connectivity index (χ0v) is 19.4. The van der Waals surface area contributed by atoms with Gasteiger partial charge in [0, 0.05) is 16.4 Å². The van der Waals surface area contributed by atoms with E-state index in [0.29, 0.717) is 41.5 Å². The van der Waals surface area contributed by atoms with Crippen LogP contribution in [0.25, 0.3) is 10.2 Å². The maximum absolute atomic E-state index is 13.1. The molecule has 0 saturated carbocycles. The van der Waals surface area contributed by atoms with Gasteiger partial charge in [0.2, 0.25) is 0 Å². The minimum absolute atomic E-state index is 0.0137. The molecule has 2 aliphatic heterocycles. The Morgan fingerprint density at radius 3 is 2.66 bits per heavy atom. The molecule has 5 rings (SSSR count). The molecule has 1 fully saturated rings. The number of aromatic nitrogens is 2. The minimum atomic E-state index is -0.0672. The first-order valence-corrected chi connectivity index (χ1v) is 11.9. The number of aromatic amines is 1. The van der Waals surface area contributed by atoms with Crippen LogP contribution in [0.2, 0.25) is 0 Å². The number of ketones is 1. The van der Waals surface area contributed by atoms with Crippen molar-refractivity contribution >= 4 is 27.3 Å². The lowest BCUT2D eigenvalue weighted by Gasteiger charge is -2.35. The third-order valence-electron chi connectivity index (χ3n) is 6.73. The van der Waals surface area contributed by atoms with Gasteiger partial charge in [-0.25, -0.2) is 4.98 Å². The molecular weight excluding hydrogens is 426 g/mol. The molecule has 7 nitrogen and oxygen atoms in total. The summed E-state index contributed by atoms with van der Waals surface area (Å²) in [6, 6.07) is 5.45. The van der Waals surface area contributed by atoms with Crippen molar-refractivity contribution < 1.29 is 14.3 Å². The lowest BCUT2D eigenvalue weighted by atomic mass is 9.88. The van der Waals surface area contributed by atoms with Crippen LogP contribution in [0.4, 0.5) is 0 Å². The number of rotatable bonds is 4. The highest BCUT2D eigenvalue weighted by Crippen LogP contribution is 2.34. The fourth-order valence-corrected chi connectivity index (χ4v) is 5.66. The number of likely N-dealkylation sites (tertiary alicyclic amines) is 1. The summed E-state index contributed by atoms with van der Waals surface area (Å²) in [5, 5.41) is 0.701. The molecule has 2 aromatic heterocycles. The standard InChI is InChI=1S/C24H27N3O4S/c1-13-15(3)32-24-20(13)23(29)25-22(26-24)14(2)27-8-6-16(7-9-27)21(28)17-4-5-18-19(12-17)31-11-10-30-18/h4-5,12,14,16H,6-11H2,1-3H3,(H,25,26,29)/t14-/m1/s1. The van der Waals surface area contributed by atoms with Crippen molar-refractivity contribution in [2.75, 3.05) is 26.3 Å². The normalized spacial score (nSPS) is 18.1. The van der Waals surface area contributed by atoms with Crippen LogP contribution in [0.15, 0.2) is 23.0 Å². The fraction of sp³-hybridized carbons (Fsp3) is 0.458. The molecule has 0 spiro atoms. The van der Waals surface area contributed by atoms with E-state index in [1.807, 2.05) is 26.0 Å². The lowest BCUT2D eigenvalue weighted by Crippen LogP contribution is -2.39. The van der Waals surface area contributed by atoms with Crippen molar-refractivity contribution in [1.82, 2.24) is 14.9 Å². The van der Waals surface area contributed by atoms with Gasteiger partial charge in [-0.3, -0.25) is 14.5 Å². The zero-order chi connectivity index (χ0) is 22.4. The number of Topliss-reactive ketones (excluding diaryl/α,β-unsaturated/α-hetero) is 1. The summed E-state index contributed by atoms with van der Waals surface area (Å²) in [6.45, 7) is 8.67. The first-order chi connectivity index (χ1) is 15.4. The Morgan fingerprint density at radius 1 is 1.19 bits per heavy atom. The van der Waals surface area contributed by atoms with Crippen LogP contribution in [0.1, 0.15) is 52.4 Å². The van der Waals surface area contributed by atoms with E-state index < -0.39 is 0 Å². The fourth-order valence-electron chi connectivity index (χ4n) is 4.62. The number of nitrogens with one attached hydrogen (secondary N) is 1. The third kappa shape index (κ3) is 3.71. The number of H-pyrrole nitrogens is 1. The minimum Gasteiger partial charge on any atom is -0.486 e. The van der Waals surface area contributed by atoms with Crippen molar-refractivity contribution in [3.8, 4) is 11.5 Å². The van der Waals surface area contributed by atoms with Gasteiger partial charge in [0.25, 0.3) is 5.56 Å². The highest BCUT2D eigenvalue weighted by atomic mass is 32.1. The number of benzene rings is 1. The first kappa shape index (κ1) is 21.2. The Kier molecular flexibility index (Phi) is 5.51. The highest BCUT2D eigenvalue weighted by Gasteiger charge is 2.30. The van der Waals surface area contributed by atoms with Crippen LogP contribution in [-0.2, 0) is 0 Å². The van der Waals surface area contributed by atoms with E-state index in [0.717, 1.165) is 41.2 Å². The summed E-state index contributed by atoms with van der Waals surface area (Å²) in [7, 11) is 0. The predicted molar refractivity (Wildman–Crippen MR) is 124 cm³/mol. The van der Waals surface area contributed by atoms with Crippen LogP contribution < -0.4 is 15.0 Å². The molecular formula is C24H27N3O4S. The topological polar surface area (TPSA) is 84.5 Å². The largest absolute Gasteiger partial charge is 0.486 e. The van der Waals surface area contributed by atoms with Crippen molar-refractivity contribution in [3.63, 3.8) is 0 Å². The van der Waals surface area contributed by atoms with Gasteiger partial charge in [-0.1, -0.05) is 0 Å². The molecule has 1 aromatic carbocycles. The number of fused-ring (bicyclic) bond motifs is 2.